The predicted molar refractivity (Wildman–Crippen MR) is 90.8 cm³/mol. The van der Waals surface area contributed by atoms with Crippen LogP contribution in [0.3, 0.4) is 0 Å². The summed E-state index contributed by atoms with van der Waals surface area (Å²) in [6.45, 7) is 0. The Kier molecular flexibility index (Phi) is 2.23. The molecule has 2 heterocycles. The molecular weight excluding hydrogens is 309 g/mol. The molecule has 0 aromatic heterocycles. The van der Waals surface area contributed by atoms with Crippen LogP contribution in [0.5, 0.6) is 17.2 Å². The summed E-state index contributed by atoms with van der Waals surface area (Å²) in [7, 11) is -1.82. The topological polar surface area (TPSA) is 30.9 Å². The van der Waals surface area contributed by atoms with Gasteiger partial charge < -0.3 is 0 Å². The van der Waals surface area contributed by atoms with E-state index in [4.69, 9.17) is 13.6 Å². The van der Waals surface area contributed by atoms with Crippen LogP contribution < -0.4 is 18.2 Å². The van der Waals surface area contributed by atoms with Gasteiger partial charge in [0.05, 0.1) is 0 Å². The van der Waals surface area contributed by atoms with E-state index < -0.39 is 7.43 Å². The molecule has 0 saturated heterocycles. The second kappa shape index (κ2) is 3.99. The first-order valence-electron chi connectivity index (χ1n) is 7.40. The second-order valence-electron chi connectivity index (χ2n) is 5.61. The van der Waals surface area contributed by atoms with Crippen LogP contribution in [0, 0.1) is 0 Å². The SMILES string of the molecule is CN1c2ccccc2OP12(C1=C=CC=C1)Oc1ccccc1O2. The van der Waals surface area contributed by atoms with Crippen LogP contribution in [0.4, 0.5) is 5.69 Å². The molecule has 0 radical (unpaired) electrons. The fourth-order valence-electron chi connectivity index (χ4n) is 3.21. The second-order valence-corrected chi connectivity index (χ2v) is 8.92. The molecule has 0 amide bonds. The van der Waals surface area contributed by atoms with E-state index in [1.807, 2.05) is 78.5 Å². The Morgan fingerprint density at radius 3 is 2.09 bits per heavy atom. The number of fused-ring (bicyclic) bond motifs is 2. The molecule has 0 atom stereocenters. The monoisotopic (exact) mass is 323 g/mol. The molecule has 4 nitrogen and oxygen atoms in total. The van der Waals surface area contributed by atoms with Gasteiger partial charge >= 0.3 is 133 Å². The summed E-state index contributed by atoms with van der Waals surface area (Å²) in [4.78, 5) is 0. The number of rotatable bonds is 1. The van der Waals surface area contributed by atoms with Crippen molar-refractivity contribution in [1.82, 2.24) is 0 Å². The van der Waals surface area contributed by atoms with Crippen molar-refractivity contribution in [2.75, 3.05) is 11.7 Å². The van der Waals surface area contributed by atoms with Gasteiger partial charge in [0.15, 0.2) is 0 Å². The molecule has 0 unspecified atom stereocenters. The van der Waals surface area contributed by atoms with Crippen molar-refractivity contribution < 1.29 is 13.6 Å². The number of nitrogens with zero attached hydrogens (tertiary/aromatic N) is 1. The number of anilines is 1. The molecule has 5 heteroatoms. The number of benzene rings is 2. The van der Waals surface area contributed by atoms with Gasteiger partial charge in [0.1, 0.15) is 0 Å². The van der Waals surface area contributed by atoms with Crippen molar-refractivity contribution in [3.8, 4) is 17.2 Å². The molecule has 0 bridgehead atoms. The zero-order valence-corrected chi connectivity index (χ0v) is 13.4. The van der Waals surface area contributed by atoms with E-state index in [-0.39, 0.29) is 0 Å². The maximum absolute atomic E-state index is 6.46. The quantitative estimate of drug-likeness (QED) is 0.557. The minimum absolute atomic E-state index is 0.694. The molecule has 114 valence electrons. The van der Waals surface area contributed by atoms with E-state index in [2.05, 4.69) is 5.73 Å². The minimum atomic E-state index is -3.78. The molecule has 2 aromatic rings. The normalized spacial score (nSPS) is 22.4. The maximum atomic E-state index is 6.46. The van der Waals surface area contributed by atoms with Gasteiger partial charge in [0.2, 0.25) is 0 Å². The van der Waals surface area contributed by atoms with Crippen LogP contribution in [-0.2, 0) is 0 Å². The first-order chi connectivity index (χ1) is 11.2. The van der Waals surface area contributed by atoms with E-state index in [1.165, 1.54) is 0 Å². The molecule has 0 fully saturated rings. The fourth-order valence-corrected chi connectivity index (χ4v) is 6.97. The van der Waals surface area contributed by atoms with Crippen molar-refractivity contribution in [3.05, 3.63) is 77.8 Å². The zero-order chi connectivity index (χ0) is 15.5. The summed E-state index contributed by atoms with van der Waals surface area (Å²) in [6.07, 6.45) is 5.73. The standard InChI is InChI=1S/C18H14NO3P/c1-19-15-10-4-5-11-16(15)20-23(19,14-8-2-3-9-14)21-17-12-6-7-13-18(17)22-23/h2-8,10-13H,1H3. The zero-order valence-electron chi connectivity index (χ0n) is 12.5. The number of hydrogen-bond acceptors (Lipinski definition) is 4. The van der Waals surface area contributed by atoms with E-state index in [1.54, 1.807) is 0 Å². The molecule has 3 aliphatic rings. The van der Waals surface area contributed by atoms with Gasteiger partial charge in [-0.3, -0.25) is 0 Å². The molecule has 0 N–H and O–H groups in total. The summed E-state index contributed by atoms with van der Waals surface area (Å²) in [5.74, 6) is 2.15. The van der Waals surface area contributed by atoms with Crippen LogP contribution >= 0.6 is 7.43 Å². The van der Waals surface area contributed by atoms with Crippen molar-refractivity contribution in [1.29, 1.82) is 0 Å². The number of para-hydroxylation sites is 4. The van der Waals surface area contributed by atoms with Crippen LogP contribution in [-0.4, -0.2) is 7.05 Å². The third-order valence-corrected chi connectivity index (χ3v) is 8.23. The van der Waals surface area contributed by atoms with E-state index in [0.717, 1.165) is 16.8 Å². The summed E-state index contributed by atoms with van der Waals surface area (Å²) < 4.78 is 21.4. The fraction of sp³-hybridized carbons (Fsp3) is 0.0556. The van der Waals surface area contributed by atoms with Crippen LogP contribution in [0.2, 0.25) is 0 Å². The van der Waals surface area contributed by atoms with Crippen molar-refractivity contribution in [2.24, 2.45) is 0 Å². The first kappa shape index (κ1) is 12.8. The molecule has 0 saturated carbocycles. The molecular formula is C18H14NO3P. The van der Waals surface area contributed by atoms with E-state index in [9.17, 15) is 0 Å². The molecule has 1 aliphatic carbocycles. The Balaban J connectivity index is 1.80. The van der Waals surface area contributed by atoms with Gasteiger partial charge in [-0.05, 0) is 0 Å². The van der Waals surface area contributed by atoms with Gasteiger partial charge in [-0.15, -0.1) is 0 Å². The van der Waals surface area contributed by atoms with E-state index in [0.29, 0.717) is 11.5 Å². The Hall–Kier alpha value is -2.67. The van der Waals surface area contributed by atoms with Crippen molar-refractivity contribution in [3.63, 3.8) is 0 Å². The van der Waals surface area contributed by atoms with Gasteiger partial charge in [-0.2, -0.15) is 0 Å². The molecule has 2 aromatic carbocycles. The molecule has 2 aliphatic heterocycles. The number of allylic oxidation sites excluding steroid dienone is 3. The predicted octanol–water partition coefficient (Wildman–Crippen LogP) is 4.81. The summed E-state index contributed by atoms with van der Waals surface area (Å²) in [6, 6.07) is 15.5. The van der Waals surface area contributed by atoms with Gasteiger partial charge in [0.25, 0.3) is 0 Å². The van der Waals surface area contributed by atoms with Gasteiger partial charge in [0, 0.05) is 0 Å². The van der Waals surface area contributed by atoms with E-state index >= 15 is 0 Å². The average molecular weight is 323 g/mol. The molecule has 1 spiro atoms. The molecule has 23 heavy (non-hydrogen) atoms. The number of hydrogen-bond donors (Lipinski definition) is 0. The van der Waals surface area contributed by atoms with Crippen LogP contribution in [0.15, 0.2) is 77.8 Å². The third-order valence-electron chi connectivity index (χ3n) is 4.34. The first-order valence-corrected chi connectivity index (χ1v) is 9.35. The summed E-state index contributed by atoms with van der Waals surface area (Å²) >= 11 is 0. The Morgan fingerprint density at radius 2 is 1.48 bits per heavy atom. The van der Waals surface area contributed by atoms with Crippen LogP contribution in [0.25, 0.3) is 0 Å². The molecule has 5 rings (SSSR count). The Morgan fingerprint density at radius 1 is 0.870 bits per heavy atom. The van der Waals surface area contributed by atoms with Crippen LogP contribution in [0.1, 0.15) is 0 Å². The Bertz CT molecular complexity index is 910. The van der Waals surface area contributed by atoms with Gasteiger partial charge in [-0.25, -0.2) is 0 Å². The Labute approximate surface area is 134 Å². The average Bonchev–Trinajstić information content (AvgIpc) is 3.26. The van der Waals surface area contributed by atoms with Crippen molar-refractivity contribution in [2.45, 2.75) is 0 Å². The summed E-state index contributed by atoms with van der Waals surface area (Å²) in [5, 5.41) is 0.797. The third kappa shape index (κ3) is 1.40. The summed E-state index contributed by atoms with van der Waals surface area (Å²) in [5.41, 5.74) is 4.20. The van der Waals surface area contributed by atoms with Crippen molar-refractivity contribution >= 4 is 13.1 Å². The van der Waals surface area contributed by atoms with Gasteiger partial charge in [-0.1, -0.05) is 0 Å².